The molecule has 9 heteroatoms. The van der Waals surface area contributed by atoms with Gasteiger partial charge in [-0.05, 0) is 58.9 Å². The highest BCUT2D eigenvalue weighted by Gasteiger charge is 2.51. The van der Waals surface area contributed by atoms with E-state index in [0.717, 1.165) is 0 Å². The second-order valence-corrected chi connectivity index (χ2v) is 23.2. The minimum atomic E-state index is -1.95. The molecule has 0 bridgehead atoms. The summed E-state index contributed by atoms with van der Waals surface area (Å²) in [6.07, 6.45) is 2.86. The molecule has 0 spiro atoms. The zero-order chi connectivity index (χ0) is 21.0. The van der Waals surface area contributed by atoms with Gasteiger partial charge in [0.05, 0.1) is 6.61 Å². The van der Waals surface area contributed by atoms with E-state index in [1.165, 1.54) is 0 Å². The van der Waals surface area contributed by atoms with Crippen LogP contribution in [0.25, 0.3) is 0 Å². The van der Waals surface area contributed by atoms with Gasteiger partial charge in [0, 0.05) is 0 Å². The molecule has 0 aromatic heterocycles. The van der Waals surface area contributed by atoms with E-state index in [2.05, 4.69) is 64.8 Å². The van der Waals surface area contributed by atoms with E-state index in [0.29, 0.717) is 0 Å². The Kier molecular flexibility index (Phi) is 8.94. The van der Waals surface area contributed by atoms with Crippen molar-refractivity contribution in [2.75, 3.05) is 13.2 Å². The fraction of sp³-hybridized carbons (Fsp3) is 0.889. The first-order chi connectivity index (χ1) is 12.2. The average molecular weight is 435 g/mol. The van der Waals surface area contributed by atoms with Gasteiger partial charge in [-0.3, -0.25) is 0 Å². The van der Waals surface area contributed by atoms with Crippen molar-refractivity contribution >= 4 is 25.0 Å². The number of aliphatic hydroxyl groups is 1. The van der Waals surface area contributed by atoms with Crippen LogP contribution < -0.4 is 0 Å². The highest BCUT2D eigenvalue weighted by Crippen LogP contribution is 2.33. The summed E-state index contributed by atoms with van der Waals surface area (Å²) in [5.74, 6) is 2.48. The van der Waals surface area contributed by atoms with Crippen LogP contribution in [0.2, 0.25) is 58.9 Å². The van der Waals surface area contributed by atoms with Gasteiger partial charge in [0.1, 0.15) is 31.0 Å². The Morgan fingerprint density at radius 2 is 1.26 bits per heavy atom. The summed E-state index contributed by atoms with van der Waals surface area (Å²) in [5.41, 5.74) is 0. The molecule has 0 radical (unpaired) electrons. The molecule has 1 N–H and O–H groups in total. The average Bonchev–Trinajstić information content (AvgIpc) is 2.45. The standard InChI is InChI=1S/C18H38O6Si3/c1-11-12-20-18-17(24-27(8,9)10)16(23-26(5,6)7)15(14(13-19)21-18)22-25(2,3)4/h1,14-19H,12-13H2,2-10H3/t14-,15-,16+,17+,18+/m1/s1. The highest BCUT2D eigenvalue weighted by molar-refractivity contribution is 6.70. The van der Waals surface area contributed by atoms with Crippen molar-refractivity contribution < 1.29 is 27.9 Å². The maximum atomic E-state index is 9.97. The summed E-state index contributed by atoms with van der Waals surface area (Å²) in [6, 6.07) is 0. The lowest BCUT2D eigenvalue weighted by Crippen LogP contribution is -2.66. The van der Waals surface area contributed by atoms with E-state index in [-0.39, 0.29) is 19.3 Å². The van der Waals surface area contributed by atoms with E-state index in [1.54, 1.807) is 0 Å². The summed E-state index contributed by atoms with van der Waals surface area (Å²) >= 11 is 0. The van der Waals surface area contributed by atoms with Crippen LogP contribution in [0, 0.1) is 12.3 Å². The Labute approximate surface area is 168 Å². The lowest BCUT2D eigenvalue weighted by Gasteiger charge is -2.50. The molecule has 0 saturated carbocycles. The lowest BCUT2D eigenvalue weighted by molar-refractivity contribution is -0.288. The van der Waals surface area contributed by atoms with Crippen molar-refractivity contribution in [3.05, 3.63) is 0 Å². The Morgan fingerprint density at radius 3 is 1.67 bits per heavy atom. The number of rotatable bonds is 9. The maximum Gasteiger partial charge on any atom is 0.186 e. The second kappa shape index (κ2) is 9.65. The topological polar surface area (TPSA) is 66.4 Å². The quantitative estimate of drug-likeness (QED) is 0.444. The number of ether oxygens (including phenoxy) is 2. The molecule has 1 fully saturated rings. The van der Waals surface area contributed by atoms with Gasteiger partial charge in [-0.1, -0.05) is 5.92 Å². The van der Waals surface area contributed by atoms with Gasteiger partial charge in [-0.25, -0.2) is 0 Å². The normalized spacial score (nSPS) is 30.2. The first-order valence-electron chi connectivity index (χ1n) is 9.52. The van der Waals surface area contributed by atoms with Crippen molar-refractivity contribution in [3.8, 4) is 12.3 Å². The summed E-state index contributed by atoms with van der Waals surface area (Å²) in [5, 5.41) is 9.97. The zero-order valence-corrected chi connectivity index (χ0v) is 21.4. The molecular formula is C18H38O6Si3. The molecular weight excluding hydrogens is 396 g/mol. The molecule has 1 heterocycles. The molecule has 1 rings (SSSR count). The summed E-state index contributed by atoms with van der Waals surface area (Å²) in [6.45, 7) is 19.0. The first kappa shape index (κ1) is 25.0. The molecule has 0 amide bonds. The van der Waals surface area contributed by atoms with Gasteiger partial charge >= 0.3 is 0 Å². The van der Waals surface area contributed by atoms with Crippen LogP contribution in [0.1, 0.15) is 0 Å². The predicted molar refractivity (Wildman–Crippen MR) is 115 cm³/mol. The van der Waals surface area contributed by atoms with Crippen LogP contribution in [0.4, 0.5) is 0 Å². The Bertz CT molecular complexity index is 503. The van der Waals surface area contributed by atoms with Gasteiger partial charge in [0.15, 0.2) is 31.2 Å². The zero-order valence-electron chi connectivity index (χ0n) is 18.4. The van der Waals surface area contributed by atoms with E-state index >= 15 is 0 Å². The molecule has 0 unspecified atom stereocenters. The van der Waals surface area contributed by atoms with Gasteiger partial charge in [-0.15, -0.1) is 6.42 Å². The largest absolute Gasteiger partial charge is 0.409 e. The molecule has 1 saturated heterocycles. The maximum absolute atomic E-state index is 9.97. The van der Waals surface area contributed by atoms with Gasteiger partial charge in [0.2, 0.25) is 0 Å². The second-order valence-electron chi connectivity index (χ2n) is 9.83. The SMILES string of the molecule is C#CCO[C@H]1O[C@H](CO)[C@@H](O[Si](C)(C)C)[C@H](O[Si](C)(C)C)[C@@H]1O[Si](C)(C)C. The monoisotopic (exact) mass is 434 g/mol. The number of hydrogen-bond acceptors (Lipinski definition) is 6. The van der Waals surface area contributed by atoms with Crippen molar-refractivity contribution in [1.82, 2.24) is 0 Å². The third-order valence-electron chi connectivity index (χ3n) is 3.57. The van der Waals surface area contributed by atoms with Crippen molar-refractivity contribution in [1.29, 1.82) is 0 Å². The third kappa shape index (κ3) is 8.89. The Balaban J connectivity index is 3.32. The van der Waals surface area contributed by atoms with Crippen LogP contribution >= 0.6 is 0 Å². The van der Waals surface area contributed by atoms with Crippen LogP contribution in [0.3, 0.4) is 0 Å². The summed E-state index contributed by atoms with van der Waals surface area (Å²) in [7, 11) is -5.82. The predicted octanol–water partition coefficient (Wildman–Crippen LogP) is 3.01. The van der Waals surface area contributed by atoms with Gasteiger partial charge < -0.3 is 27.9 Å². The minimum Gasteiger partial charge on any atom is -0.409 e. The fourth-order valence-electron chi connectivity index (χ4n) is 2.92. The van der Waals surface area contributed by atoms with E-state index in [1.807, 2.05) is 0 Å². The van der Waals surface area contributed by atoms with E-state index in [4.69, 9.17) is 29.2 Å². The Hall–Kier alpha value is -0.0294. The molecule has 5 atom stereocenters. The lowest BCUT2D eigenvalue weighted by atomic mass is 9.99. The third-order valence-corrected chi connectivity index (χ3v) is 6.51. The molecule has 0 aromatic carbocycles. The van der Waals surface area contributed by atoms with E-state index < -0.39 is 49.6 Å². The van der Waals surface area contributed by atoms with Crippen molar-refractivity contribution in [3.63, 3.8) is 0 Å². The van der Waals surface area contributed by atoms with Crippen LogP contribution in [-0.4, -0.2) is 74.0 Å². The molecule has 1 aliphatic rings. The molecule has 0 aromatic rings. The fourth-order valence-corrected chi connectivity index (χ4v) is 6.17. The molecule has 0 aliphatic carbocycles. The molecule has 27 heavy (non-hydrogen) atoms. The van der Waals surface area contributed by atoms with Crippen molar-refractivity contribution in [2.24, 2.45) is 0 Å². The smallest absolute Gasteiger partial charge is 0.186 e. The van der Waals surface area contributed by atoms with Crippen LogP contribution in [0.5, 0.6) is 0 Å². The van der Waals surface area contributed by atoms with Crippen LogP contribution in [-0.2, 0) is 22.8 Å². The summed E-state index contributed by atoms with van der Waals surface area (Å²) < 4.78 is 31.3. The van der Waals surface area contributed by atoms with Crippen molar-refractivity contribution in [2.45, 2.75) is 89.6 Å². The Morgan fingerprint density at radius 1 is 0.815 bits per heavy atom. The number of aliphatic hydroxyl groups excluding tert-OH is 1. The first-order valence-corrected chi connectivity index (χ1v) is 19.7. The number of terminal acetylenes is 1. The van der Waals surface area contributed by atoms with Gasteiger partial charge in [0.25, 0.3) is 0 Å². The molecule has 158 valence electrons. The molecule has 1 aliphatic heterocycles. The summed E-state index contributed by atoms with van der Waals surface area (Å²) in [4.78, 5) is 0. The highest BCUT2D eigenvalue weighted by atomic mass is 28.4. The minimum absolute atomic E-state index is 0.105. The number of hydrogen-bond donors (Lipinski definition) is 1. The van der Waals surface area contributed by atoms with Gasteiger partial charge in [-0.2, -0.15) is 0 Å². The van der Waals surface area contributed by atoms with Crippen LogP contribution in [0.15, 0.2) is 0 Å². The molecule has 6 nitrogen and oxygen atoms in total. The van der Waals surface area contributed by atoms with E-state index in [9.17, 15) is 5.11 Å².